The number of hydrogen-bond donors (Lipinski definition) is 1. The van der Waals surface area contributed by atoms with E-state index in [1.54, 1.807) is 0 Å². The fourth-order valence-corrected chi connectivity index (χ4v) is 3.16. The van der Waals surface area contributed by atoms with Crippen LogP contribution in [0, 0.1) is 0 Å². The van der Waals surface area contributed by atoms with Crippen LogP contribution in [0.4, 0.5) is 0 Å². The Hall–Kier alpha value is -0.420. The van der Waals surface area contributed by atoms with Gasteiger partial charge in [-0.3, -0.25) is 9.80 Å². The molecule has 3 nitrogen and oxygen atoms in total. The first kappa shape index (κ1) is 12.6. The van der Waals surface area contributed by atoms with Gasteiger partial charge in [0.25, 0.3) is 0 Å². The summed E-state index contributed by atoms with van der Waals surface area (Å²) in [6, 6.07) is 9.45. The second-order valence-corrected chi connectivity index (χ2v) is 6.17. The van der Waals surface area contributed by atoms with Gasteiger partial charge < -0.3 is 5.32 Å². The molecule has 2 saturated heterocycles. The van der Waals surface area contributed by atoms with Gasteiger partial charge in [0.15, 0.2) is 0 Å². The molecule has 0 bridgehead atoms. The Morgan fingerprint density at radius 1 is 1.17 bits per heavy atom. The molecule has 2 fully saturated rings. The van der Waals surface area contributed by atoms with Crippen molar-refractivity contribution in [3.8, 4) is 0 Å². The number of nitrogens with zero attached hydrogens (tertiary/aromatic N) is 2. The molecule has 0 amide bonds. The fourth-order valence-electron chi connectivity index (χ4n) is 2.71. The summed E-state index contributed by atoms with van der Waals surface area (Å²) in [4.78, 5) is 5.19. The van der Waals surface area contributed by atoms with Crippen LogP contribution in [-0.2, 0) is 6.54 Å². The lowest BCUT2D eigenvalue weighted by atomic mass is 10.1. The first-order chi connectivity index (χ1) is 8.81. The predicted octanol–water partition coefficient (Wildman–Crippen LogP) is 1.54. The average Bonchev–Trinajstić information content (AvgIpc) is 2.29. The van der Waals surface area contributed by atoms with Crippen LogP contribution in [0.2, 0.25) is 0 Å². The Balaban J connectivity index is 1.50. The van der Waals surface area contributed by atoms with Crippen LogP contribution in [0.5, 0.6) is 0 Å². The SMILES string of the molecule is Brc1cccc(CN2CCN(C3CNC3)CC2)c1. The van der Waals surface area contributed by atoms with E-state index in [0.29, 0.717) is 0 Å². The standard InChI is InChI=1S/C14H20BrN3/c15-13-3-1-2-12(8-13)11-17-4-6-18(7-5-17)14-9-16-10-14/h1-3,8,14,16H,4-7,9-11H2. The molecule has 0 aromatic heterocycles. The number of benzene rings is 1. The van der Waals surface area contributed by atoms with E-state index < -0.39 is 0 Å². The minimum atomic E-state index is 0.804. The highest BCUT2D eigenvalue weighted by molar-refractivity contribution is 9.10. The van der Waals surface area contributed by atoms with E-state index in [4.69, 9.17) is 0 Å². The lowest BCUT2D eigenvalue weighted by molar-refractivity contribution is 0.0695. The van der Waals surface area contributed by atoms with Gasteiger partial charge in [0.2, 0.25) is 0 Å². The van der Waals surface area contributed by atoms with Crippen molar-refractivity contribution in [2.45, 2.75) is 12.6 Å². The zero-order valence-corrected chi connectivity index (χ0v) is 12.2. The van der Waals surface area contributed by atoms with E-state index in [1.807, 2.05) is 0 Å². The van der Waals surface area contributed by atoms with Gasteiger partial charge in [-0.05, 0) is 17.7 Å². The summed E-state index contributed by atoms with van der Waals surface area (Å²) in [5, 5.41) is 3.36. The van der Waals surface area contributed by atoms with Crippen molar-refractivity contribution in [3.05, 3.63) is 34.3 Å². The third kappa shape index (κ3) is 2.94. The van der Waals surface area contributed by atoms with Gasteiger partial charge >= 0.3 is 0 Å². The summed E-state index contributed by atoms with van der Waals surface area (Å²) >= 11 is 3.54. The molecule has 1 aromatic carbocycles. The van der Waals surface area contributed by atoms with Gasteiger partial charge in [0.05, 0.1) is 0 Å². The molecule has 1 aromatic rings. The van der Waals surface area contributed by atoms with Crippen LogP contribution >= 0.6 is 15.9 Å². The van der Waals surface area contributed by atoms with Gasteiger partial charge in [0.1, 0.15) is 0 Å². The molecular weight excluding hydrogens is 290 g/mol. The van der Waals surface area contributed by atoms with Crippen molar-refractivity contribution in [3.63, 3.8) is 0 Å². The summed E-state index contributed by atoms with van der Waals surface area (Å²) in [6.07, 6.45) is 0. The van der Waals surface area contributed by atoms with Gasteiger partial charge in [-0.2, -0.15) is 0 Å². The average molecular weight is 310 g/mol. The zero-order valence-electron chi connectivity index (χ0n) is 10.6. The molecule has 98 valence electrons. The minimum Gasteiger partial charge on any atom is -0.314 e. The van der Waals surface area contributed by atoms with Gasteiger partial charge in [-0.15, -0.1) is 0 Å². The second kappa shape index (κ2) is 5.70. The molecule has 2 heterocycles. The number of nitrogens with one attached hydrogen (secondary N) is 1. The highest BCUT2D eigenvalue weighted by atomic mass is 79.9. The summed E-state index contributed by atoms with van der Waals surface area (Å²) in [7, 11) is 0. The maximum atomic E-state index is 3.54. The van der Waals surface area contributed by atoms with Crippen molar-refractivity contribution in [2.24, 2.45) is 0 Å². The molecule has 4 heteroatoms. The normalized spacial score (nSPS) is 22.9. The zero-order chi connectivity index (χ0) is 12.4. The third-order valence-corrected chi connectivity index (χ3v) is 4.47. The molecule has 0 atom stereocenters. The number of piperazine rings is 1. The number of rotatable bonds is 3. The quantitative estimate of drug-likeness (QED) is 0.914. The van der Waals surface area contributed by atoms with E-state index in [9.17, 15) is 0 Å². The van der Waals surface area contributed by atoms with Crippen molar-refractivity contribution >= 4 is 15.9 Å². The maximum absolute atomic E-state index is 3.54. The van der Waals surface area contributed by atoms with Crippen LogP contribution in [0.3, 0.4) is 0 Å². The monoisotopic (exact) mass is 309 g/mol. The van der Waals surface area contributed by atoms with Crippen LogP contribution in [0.15, 0.2) is 28.7 Å². The summed E-state index contributed by atoms with van der Waals surface area (Å²) < 4.78 is 1.18. The van der Waals surface area contributed by atoms with Crippen LogP contribution in [0.25, 0.3) is 0 Å². The Labute approximate surface area is 117 Å². The number of hydrogen-bond acceptors (Lipinski definition) is 3. The van der Waals surface area contributed by atoms with E-state index in [2.05, 4.69) is 55.3 Å². The van der Waals surface area contributed by atoms with Crippen LogP contribution < -0.4 is 5.32 Å². The molecule has 0 aliphatic carbocycles. The molecule has 0 radical (unpaired) electrons. The number of halogens is 1. The largest absolute Gasteiger partial charge is 0.314 e. The minimum absolute atomic E-state index is 0.804. The topological polar surface area (TPSA) is 18.5 Å². The first-order valence-corrected chi connectivity index (χ1v) is 7.52. The van der Waals surface area contributed by atoms with Gasteiger partial charge in [0, 0.05) is 56.3 Å². The lowest BCUT2D eigenvalue weighted by Crippen LogP contribution is -2.61. The van der Waals surface area contributed by atoms with E-state index in [1.165, 1.54) is 49.3 Å². The van der Waals surface area contributed by atoms with E-state index in [-0.39, 0.29) is 0 Å². The van der Waals surface area contributed by atoms with Gasteiger partial charge in [-0.25, -0.2) is 0 Å². The van der Waals surface area contributed by atoms with E-state index in [0.717, 1.165) is 12.6 Å². The van der Waals surface area contributed by atoms with Crippen molar-refractivity contribution < 1.29 is 0 Å². The molecule has 0 spiro atoms. The Morgan fingerprint density at radius 3 is 2.56 bits per heavy atom. The summed E-state index contributed by atoms with van der Waals surface area (Å²) in [5.74, 6) is 0. The van der Waals surface area contributed by atoms with Gasteiger partial charge in [-0.1, -0.05) is 28.1 Å². The van der Waals surface area contributed by atoms with Crippen LogP contribution in [0.1, 0.15) is 5.56 Å². The molecule has 0 unspecified atom stereocenters. The predicted molar refractivity (Wildman–Crippen MR) is 77.6 cm³/mol. The molecule has 1 N–H and O–H groups in total. The summed E-state index contributed by atoms with van der Waals surface area (Å²) in [6.45, 7) is 8.29. The maximum Gasteiger partial charge on any atom is 0.0346 e. The Kier molecular flexibility index (Phi) is 3.99. The lowest BCUT2D eigenvalue weighted by Gasteiger charge is -2.43. The van der Waals surface area contributed by atoms with Crippen molar-refractivity contribution in [2.75, 3.05) is 39.3 Å². The second-order valence-electron chi connectivity index (χ2n) is 5.25. The third-order valence-electron chi connectivity index (χ3n) is 3.98. The Morgan fingerprint density at radius 2 is 1.94 bits per heavy atom. The smallest absolute Gasteiger partial charge is 0.0346 e. The highest BCUT2D eigenvalue weighted by Gasteiger charge is 2.27. The summed E-state index contributed by atoms with van der Waals surface area (Å²) in [5.41, 5.74) is 1.41. The van der Waals surface area contributed by atoms with Crippen molar-refractivity contribution in [1.29, 1.82) is 0 Å². The molecule has 2 aliphatic heterocycles. The van der Waals surface area contributed by atoms with Crippen LogP contribution in [-0.4, -0.2) is 55.1 Å². The molecule has 3 rings (SSSR count). The van der Waals surface area contributed by atoms with Crippen molar-refractivity contribution in [1.82, 2.24) is 15.1 Å². The first-order valence-electron chi connectivity index (χ1n) is 6.73. The van der Waals surface area contributed by atoms with E-state index >= 15 is 0 Å². The molecule has 0 saturated carbocycles. The highest BCUT2D eigenvalue weighted by Crippen LogP contribution is 2.15. The Bertz CT molecular complexity index is 398. The fraction of sp³-hybridized carbons (Fsp3) is 0.571. The molecule has 18 heavy (non-hydrogen) atoms. The molecule has 2 aliphatic rings. The molecular formula is C14H20BrN3.